The maximum atomic E-state index is 10.6. The van der Waals surface area contributed by atoms with E-state index in [4.69, 9.17) is 24.1 Å². The zero-order valence-electron chi connectivity index (χ0n) is 17.7. The molecule has 0 amide bonds. The molecule has 11 heteroatoms. The fraction of sp³-hybridized carbons (Fsp3) is 0.524. The van der Waals surface area contributed by atoms with Gasteiger partial charge >= 0.3 is 12.1 Å². The Morgan fingerprint density at radius 1 is 1.31 bits per heavy atom. The van der Waals surface area contributed by atoms with E-state index >= 15 is 0 Å². The Balaban J connectivity index is 0.000000360. The molecule has 0 spiro atoms. The average Bonchev–Trinajstić information content (AvgIpc) is 3.45. The number of rotatable bonds is 6. The van der Waals surface area contributed by atoms with Crippen LogP contribution in [0.1, 0.15) is 16.3 Å². The Morgan fingerprint density at radius 2 is 2.00 bits per heavy atom. The van der Waals surface area contributed by atoms with E-state index in [-0.39, 0.29) is 6.10 Å². The second-order valence-corrected chi connectivity index (χ2v) is 8.62. The zero-order valence-corrected chi connectivity index (χ0v) is 18.5. The van der Waals surface area contributed by atoms with Crippen LogP contribution in [-0.4, -0.2) is 66.2 Å². The Kier molecular flexibility index (Phi) is 8.10. The maximum Gasteiger partial charge on any atom is 0.490 e. The van der Waals surface area contributed by atoms with Gasteiger partial charge in [-0.3, -0.25) is 4.90 Å². The van der Waals surface area contributed by atoms with Crippen LogP contribution in [0.4, 0.5) is 13.2 Å². The minimum atomic E-state index is -5.08. The first-order valence-electron chi connectivity index (χ1n) is 9.95. The molecular weight excluding hydrogens is 449 g/mol. The minimum Gasteiger partial charge on any atom is -0.497 e. The molecule has 0 bridgehead atoms. The predicted molar refractivity (Wildman–Crippen MR) is 111 cm³/mol. The van der Waals surface area contributed by atoms with Gasteiger partial charge in [-0.15, -0.1) is 11.3 Å². The predicted octanol–water partition coefficient (Wildman–Crippen LogP) is 3.51. The number of aliphatic carboxylic acids is 1. The molecule has 1 N–H and O–H groups in total. The third-order valence-electron chi connectivity index (χ3n) is 5.35. The molecule has 2 aliphatic rings. The standard InChI is InChI=1S/C19H24N2O3S.C2HF3O2/c1-13-20-15(12-25-13)9-24-19-8-21(18-11-23-10-17(18)19)7-14-3-5-16(22-2)6-4-14;3-2(4,5)1(6)7/h3-6,12,17-19H,7-11H2,1-2H3;(H,6,7)/t17-,18+,19+;/m0./s1. The van der Waals surface area contributed by atoms with E-state index in [1.807, 2.05) is 19.1 Å². The molecule has 0 unspecified atom stereocenters. The van der Waals surface area contributed by atoms with E-state index in [9.17, 15) is 13.2 Å². The van der Waals surface area contributed by atoms with E-state index in [1.54, 1.807) is 18.4 Å². The number of aromatic nitrogens is 1. The quantitative estimate of drug-likeness (QED) is 0.686. The molecule has 0 radical (unpaired) electrons. The molecule has 32 heavy (non-hydrogen) atoms. The van der Waals surface area contributed by atoms with Crippen molar-refractivity contribution in [3.8, 4) is 5.75 Å². The van der Waals surface area contributed by atoms with Crippen LogP contribution in [0, 0.1) is 12.8 Å². The number of benzene rings is 1. The van der Waals surface area contributed by atoms with Gasteiger partial charge in [0.25, 0.3) is 0 Å². The first-order chi connectivity index (χ1) is 15.2. The Bertz CT molecular complexity index is 890. The van der Waals surface area contributed by atoms with Crippen LogP contribution in [0.2, 0.25) is 0 Å². The molecule has 3 heterocycles. The van der Waals surface area contributed by atoms with Crippen LogP contribution in [0.25, 0.3) is 0 Å². The van der Waals surface area contributed by atoms with Crippen LogP contribution in [0.15, 0.2) is 29.6 Å². The lowest BCUT2D eigenvalue weighted by atomic mass is 10.0. The van der Waals surface area contributed by atoms with E-state index in [0.717, 1.165) is 42.8 Å². The average molecular weight is 475 g/mol. The number of ether oxygens (including phenoxy) is 3. The monoisotopic (exact) mass is 474 g/mol. The molecule has 3 atom stereocenters. The number of carbonyl (C=O) groups is 1. The van der Waals surface area contributed by atoms with Gasteiger partial charge in [-0.25, -0.2) is 9.78 Å². The zero-order chi connectivity index (χ0) is 23.3. The van der Waals surface area contributed by atoms with Gasteiger partial charge in [-0.1, -0.05) is 12.1 Å². The van der Waals surface area contributed by atoms with Crippen molar-refractivity contribution in [2.24, 2.45) is 5.92 Å². The number of thiazole rings is 1. The lowest BCUT2D eigenvalue weighted by molar-refractivity contribution is -0.192. The fourth-order valence-corrected chi connectivity index (χ4v) is 4.38. The first kappa shape index (κ1) is 24.4. The number of hydrogen-bond donors (Lipinski definition) is 1. The highest BCUT2D eigenvalue weighted by Crippen LogP contribution is 2.34. The van der Waals surface area contributed by atoms with Gasteiger partial charge in [-0.05, 0) is 24.6 Å². The summed E-state index contributed by atoms with van der Waals surface area (Å²) < 4.78 is 48.9. The molecule has 1 aromatic heterocycles. The number of carboxylic acids is 1. The van der Waals surface area contributed by atoms with Gasteiger partial charge in [-0.2, -0.15) is 13.2 Å². The summed E-state index contributed by atoms with van der Waals surface area (Å²) in [6.07, 6.45) is -4.87. The molecule has 7 nitrogen and oxygen atoms in total. The van der Waals surface area contributed by atoms with Crippen LogP contribution >= 0.6 is 11.3 Å². The smallest absolute Gasteiger partial charge is 0.490 e. The minimum absolute atomic E-state index is 0.216. The third-order valence-corrected chi connectivity index (χ3v) is 6.18. The van der Waals surface area contributed by atoms with E-state index in [0.29, 0.717) is 18.6 Å². The molecule has 4 rings (SSSR count). The summed E-state index contributed by atoms with van der Waals surface area (Å²) in [5.41, 5.74) is 2.33. The van der Waals surface area contributed by atoms with Crippen molar-refractivity contribution in [1.29, 1.82) is 0 Å². The van der Waals surface area contributed by atoms with Gasteiger partial charge < -0.3 is 19.3 Å². The summed E-state index contributed by atoms with van der Waals surface area (Å²) in [5, 5.41) is 10.3. The first-order valence-corrected chi connectivity index (χ1v) is 10.8. The lowest BCUT2D eigenvalue weighted by Gasteiger charge is -2.22. The summed E-state index contributed by atoms with van der Waals surface area (Å²) in [4.78, 5) is 15.9. The third kappa shape index (κ3) is 6.41. The van der Waals surface area contributed by atoms with Crippen molar-refractivity contribution in [1.82, 2.24) is 9.88 Å². The molecular formula is C21H25F3N2O5S. The number of nitrogens with zero attached hydrogens (tertiary/aromatic N) is 2. The van der Waals surface area contributed by atoms with Gasteiger partial charge in [0, 0.05) is 30.4 Å². The highest BCUT2D eigenvalue weighted by atomic mass is 32.1. The van der Waals surface area contributed by atoms with Crippen LogP contribution < -0.4 is 4.74 Å². The number of methoxy groups -OCH3 is 1. The Morgan fingerprint density at radius 3 is 2.56 bits per heavy atom. The molecule has 0 saturated carbocycles. The topological polar surface area (TPSA) is 81.1 Å². The molecule has 2 aromatic rings. The molecule has 2 aliphatic heterocycles. The molecule has 0 aliphatic carbocycles. The largest absolute Gasteiger partial charge is 0.497 e. The number of fused-ring (bicyclic) bond motifs is 1. The Labute approximate surface area is 187 Å². The molecule has 1 aromatic carbocycles. The van der Waals surface area contributed by atoms with Crippen LogP contribution in [0.3, 0.4) is 0 Å². The van der Waals surface area contributed by atoms with Crippen molar-refractivity contribution in [3.05, 3.63) is 45.9 Å². The molecule has 2 fully saturated rings. The van der Waals surface area contributed by atoms with Gasteiger partial charge in [0.15, 0.2) is 0 Å². The van der Waals surface area contributed by atoms with E-state index in [1.165, 1.54) is 5.56 Å². The van der Waals surface area contributed by atoms with Gasteiger partial charge in [0.2, 0.25) is 0 Å². The highest BCUT2D eigenvalue weighted by Gasteiger charge is 2.45. The number of alkyl halides is 3. The van der Waals surface area contributed by atoms with Gasteiger partial charge in [0.05, 0.1) is 43.7 Å². The molecule has 2 saturated heterocycles. The van der Waals surface area contributed by atoms with Crippen molar-refractivity contribution < 1.29 is 37.3 Å². The summed E-state index contributed by atoms with van der Waals surface area (Å²) >= 11 is 1.68. The van der Waals surface area contributed by atoms with Crippen molar-refractivity contribution in [2.45, 2.75) is 38.4 Å². The van der Waals surface area contributed by atoms with Crippen LogP contribution in [0.5, 0.6) is 5.75 Å². The summed E-state index contributed by atoms with van der Waals surface area (Å²) in [5.74, 6) is -1.41. The van der Waals surface area contributed by atoms with Gasteiger partial charge in [0.1, 0.15) is 5.75 Å². The van der Waals surface area contributed by atoms with Crippen molar-refractivity contribution >= 4 is 17.3 Å². The molecule has 176 valence electrons. The lowest BCUT2D eigenvalue weighted by Crippen LogP contribution is -2.32. The summed E-state index contributed by atoms with van der Waals surface area (Å²) in [7, 11) is 1.70. The van der Waals surface area contributed by atoms with Crippen LogP contribution in [-0.2, 0) is 27.4 Å². The maximum absolute atomic E-state index is 10.6. The number of likely N-dealkylation sites (tertiary alicyclic amines) is 1. The number of hydrogen-bond acceptors (Lipinski definition) is 7. The number of carboxylic acid groups (broad SMARTS) is 1. The normalized spacial score (nSPS) is 22.8. The van der Waals surface area contributed by atoms with E-state index in [2.05, 4.69) is 27.4 Å². The van der Waals surface area contributed by atoms with Crippen molar-refractivity contribution in [2.75, 3.05) is 26.9 Å². The fourth-order valence-electron chi connectivity index (χ4n) is 3.78. The Hall–Kier alpha value is -2.21. The second kappa shape index (κ2) is 10.6. The SMILES string of the molecule is COc1ccc(CN2C[C@@H](OCc3csc(C)n3)[C@H]3COC[C@H]32)cc1.O=C(O)C(F)(F)F. The second-order valence-electron chi connectivity index (χ2n) is 7.56. The van der Waals surface area contributed by atoms with E-state index < -0.39 is 12.1 Å². The summed E-state index contributed by atoms with van der Waals surface area (Å²) in [6.45, 7) is 6.09. The highest BCUT2D eigenvalue weighted by molar-refractivity contribution is 7.09. The summed E-state index contributed by atoms with van der Waals surface area (Å²) in [6, 6.07) is 8.76. The number of halogens is 3. The van der Waals surface area contributed by atoms with Crippen molar-refractivity contribution in [3.63, 3.8) is 0 Å². The number of aryl methyl sites for hydroxylation is 1.